The average molecular weight is 220 g/mol. The molecule has 0 aliphatic heterocycles. The number of nitrogens with two attached hydrogens (primary N) is 1. The minimum Gasteiger partial charge on any atom is -0.315 e. The summed E-state index contributed by atoms with van der Waals surface area (Å²) in [5, 5.41) is 8.04. The van der Waals surface area contributed by atoms with Crippen LogP contribution in [0.2, 0.25) is 0 Å². The highest BCUT2D eigenvalue weighted by Crippen LogP contribution is 2.22. The number of sulfonamides is 1. The van der Waals surface area contributed by atoms with E-state index in [1.807, 2.05) is 0 Å². The fourth-order valence-electron chi connectivity index (χ4n) is 1.91. The van der Waals surface area contributed by atoms with Gasteiger partial charge in [-0.05, 0) is 25.3 Å². The fraction of sp³-hybridized carbons (Fsp3) is 1.00. The summed E-state index contributed by atoms with van der Waals surface area (Å²) in [6.45, 7) is 1.42. The third kappa shape index (κ3) is 5.57. The predicted octanol–water partition coefficient (Wildman–Crippen LogP) is 0.445. The molecular formula is C9H20N2O2S. The van der Waals surface area contributed by atoms with Crippen LogP contribution in [0.3, 0.4) is 0 Å². The first-order valence-corrected chi connectivity index (χ1v) is 7.00. The van der Waals surface area contributed by atoms with Crippen molar-refractivity contribution in [3.63, 3.8) is 0 Å². The summed E-state index contributed by atoms with van der Waals surface area (Å²) in [6, 6.07) is 0. The SMILES string of the molecule is NS(=O)(=O)CCNCC1CCCCC1. The molecule has 0 aromatic heterocycles. The van der Waals surface area contributed by atoms with Crippen LogP contribution in [0.5, 0.6) is 0 Å². The van der Waals surface area contributed by atoms with Crippen molar-refractivity contribution in [1.29, 1.82) is 0 Å². The summed E-state index contributed by atoms with van der Waals surface area (Å²) >= 11 is 0. The second kappa shape index (κ2) is 5.68. The molecular weight excluding hydrogens is 200 g/mol. The Kier molecular flexibility index (Phi) is 4.84. The molecule has 1 rings (SSSR count). The van der Waals surface area contributed by atoms with Crippen LogP contribution in [0.4, 0.5) is 0 Å². The molecule has 0 bridgehead atoms. The van der Waals surface area contributed by atoms with E-state index < -0.39 is 10.0 Å². The summed E-state index contributed by atoms with van der Waals surface area (Å²) in [7, 11) is -3.29. The van der Waals surface area contributed by atoms with E-state index in [2.05, 4.69) is 5.32 Å². The lowest BCUT2D eigenvalue weighted by Crippen LogP contribution is -2.31. The maximum absolute atomic E-state index is 10.6. The summed E-state index contributed by atoms with van der Waals surface area (Å²) in [5.74, 6) is 0.781. The standard InChI is InChI=1S/C9H20N2O2S/c10-14(12,13)7-6-11-8-9-4-2-1-3-5-9/h9,11H,1-8H2,(H2,10,12,13). The Morgan fingerprint density at radius 3 is 2.43 bits per heavy atom. The van der Waals surface area contributed by atoms with Crippen molar-refractivity contribution in [1.82, 2.24) is 5.32 Å². The van der Waals surface area contributed by atoms with Crippen LogP contribution in [0.1, 0.15) is 32.1 Å². The highest BCUT2D eigenvalue weighted by Gasteiger charge is 2.12. The third-order valence-electron chi connectivity index (χ3n) is 2.72. The van der Waals surface area contributed by atoms with Gasteiger partial charge in [-0.15, -0.1) is 0 Å². The first-order chi connectivity index (χ1) is 6.58. The zero-order valence-corrected chi connectivity index (χ0v) is 9.35. The van der Waals surface area contributed by atoms with Crippen LogP contribution >= 0.6 is 0 Å². The lowest BCUT2D eigenvalue weighted by Gasteiger charge is -2.21. The lowest BCUT2D eigenvalue weighted by molar-refractivity contribution is 0.345. The molecule has 1 fully saturated rings. The van der Waals surface area contributed by atoms with Gasteiger partial charge in [0.05, 0.1) is 5.75 Å². The molecule has 84 valence electrons. The number of hydrogen-bond acceptors (Lipinski definition) is 3. The summed E-state index contributed by atoms with van der Waals surface area (Å²) in [5.41, 5.74) is 0. The topological polar surface area (TPSA) is 72.2 Å². The van der Waals surface area contributed by atoms with Gasteiger partial charge in [0.1, 0.15) is 0 Å². The van der Waals surface area contributed by atoms with Crippen LogP contribution < -0.4 is 10.5 Å². The Labute approximate surface area is 86.3 Å². The van der Waals surface area contributed by atoms with Crippen LogP contribution in [0.25, 0.3) is 0 Å². The number of primary sulfonamides is 1. The molecule has 1 aliphatic rings. The molecule has 1 aliphatic carbocycles. The van der Waals surface area contributed by atoms with Gasteiger partial charge < -0.3 is 5.32 Å². The van der Waals surface area contributed by atoms with Crippen LogP contribution in [0.15, 0.2) is 0 Å². The van der Waals surface area contributed by atoms with Crippen molar-refractivity contribution in [3.05, 3.63) is 0 Å². The number of hydrogen-bond donors (Lipinski definition) is 2. The van der Waals surface area contributed by atoms with Gasteiger partial charge in [-0.25, -0.2) is 13.6 Å². The third-order valence-corrected chi connectivity index (χ3v) is 3.49. The van der Waals surface area contributed by atoms with Gasteiger partial charge >= 0.3 is 0 Å². The average Bonchev–Trinajstić information content (AvgIpc) is 2.13. The Hall–Kier alpha value is -0.130. The highest BCUT2D eigenvalue weighted by molar-refractivity contribution is 7.89. The second-order valence-corrected chi connectivity index (χ2v) is 5.81. The largest absolute Gasteiger partial charge is 0.315 e. The minimum absolute atomic E-state index is 0.0414. The minimum atomic E-state index is -3.29. The zero-order valence-electron chi connectivity index (χ0n) is 8.54. The summed E-state index contributed by atoms with van der Waals surface area (Å²) in [6.07, 6.45) is 6.56. The van der Waals surface area contributed by atoms with Crippen molar-refractivity contribution >= 4 is 10.0 Å². The summed E-state index contributed by atoms with van der Waals surface area (Å²) < 4.78 is 21.2. The summed E-state index contributed by atoms with van der Waals surface area (Å²) in [4.78, 5) is 0. The monoisotopic (exact) mass is 220 g/mol. The fourth-order valence-corrected chi connectivity index (χ4v) is 2.34. The molecule has 1 saturated carbocycles. The molecule has 0 atom stereocenters. The number of nitrogens with one attached hydrogen (secondary N) is 1. The van der Waals surface area contributed by atoms with Gasteiger partial charge in [0, 0.05) is 6.54 Å². The van der Waals surface area contributed by atoms with Gasteiger partial charge in [-0.1, -0.05) is 19.3 Å². The zero-order chi connectivity index (χ0) is 10.4. The Morgan fingerprint density at radius 2 is 1.86 bits per heavy atom. The van der Waals surface area contributed by atoms with E-state index in [9.17, 15) is 8.42 Å². The molecule has 0 aromatic rings. The van der Waals surface area contributed by atoms with Crippen LogP contribution in [0, 0.1) is 5.92 Å². The van der Waals surface area contributed by atoms with Crippen molar-refractivity contribution in [2.24, 2.45) is 11.1 Å². The van der Waals surface area contributed by atoms with E-state index in [0.717, 1.165) is 12.5 Å². The maximum atomic E-state index is 10.6. The van der Waals surface area contributed by atoms with Gasteiger partial charge in [0.15, 0.2) is 0 Å². The molecule has 3 N–H and O–H groups in total. The quantitative estimate of drug-likeness (QED) is 0.661. The van der Waals surface area contributed by atoms with Crippen molar-refractivity contribution < 1.29 is 8.42 Å². The maximum Gasteiger partial charge on any atom is 0.210 e. The molecule has 0 unspecified atom stereocenters. The molecule has 0 heterocycles. The normalized spacial score (nSPS) is 19.8. The Balaban J connectivity index is 2.03. The molecule has 0 radical (unpaired) electrons. The molecule has 0 aromatic carbocycles. The van der Waals surface area contributed by atoms with E-state index in [0.29, 0.717) is 6.54 Å². The Morgan fingerprint density at radius 1 is 1.21 bits per heavy atom. The van der Waals surface area contributed by atoms with Crippen molar-refractivity contribution in [2.45, 2.75) is 32.1 Å². The van der Waals surface area contributed by atoms with Crippen LogP contribution in [-0.2, 0) is 10.0 Å². The van der Waals surface area contributed by atoms with E-state index in [1.165, 1.54) is 32.1 Å². The molecule has 0 saturated heterocycles. The van der Waals surface area contributed by atoms with Gasteiger partial charge in [-0.2, -0.15) is 0 Å². The van der Waals surface area contributed by atoms with E-state index in [1.54, 1.807) is 0 Å². The van der Waals surface area contributed by atoms with E-state index in [-0.39, 0.29) is 5.75 Å². The smallest absolute Gasteiger partial charge is 0.210 e. The molecule has 0 amide bonds. The molecule has 0 spiro atoms. The highest BCUT2D eigenvalue weighted by atomic mass is 32.2. The van der Waals surface area contributed by atoms with E-state index >= 15 is 0 Å². The van der Waals surface area contributed by atoms with Crippen molar-refractivity contribution in [3.8, 4) is 0 Å². The predicted molar refractivity (Wildman–Crippen MR) is 57.4 cm³/mol. The van der Waals surface area contributed by atoms with Gasteiger partial charge in [-0.3, -0.25) is 0 Å². The van der Waals surface area contributed by atoms with Gasteiger partial charge in [0.2, 0.25) is 10.0 Å². The first-order valence-electron chi connectivity index (χ1n) is 5.29. The molecule has 14 heavy (non-hydrogen) atoms. The first kappa shape index (κ1) is 11.9. The molecule has 4 nitrogen and oxygen atoms in total. The molecule has 5 heteroatoms. The lowest BCUT2D eigenvalue weighted by atomic mass is 9.89. The number of rotatable bonds is 5. The van der Waals surface area contributed by atoms with Gasteiger partial charge in [0.25, 0.3) is 0 Å². The second-order valence-electron chi connectivity index (χ2n) is 4.08. The Bertz CT molecular complexity index is 246. The van der Waals surface area contributed by atoms with Crippen LogP contribution in [-0.4, -0.2) is 27.3 Å². The van der Waals surface area contributed by atoms with E-state index in [4.69, 9.17) is 5.14 Å². The van der Waals surface area contributed by atoms with Crippen molar-refractivity contribution in [2.75, 3.05) is 18.8 Å².